The van der Waals surface area contributed by atoms with Gasteiger partial charge in [0, 0.05) is 23.8 Å². The lowest BCUT2D eigenvalue weighted by atomic mass is 10.0. The molecule has 0 bridgehead atoms. The third-order valence-electron chi connectivity index (χ3n) is 3.35. The maximum Gasteiger partial charge on any atom is 0.157 e. The van der Waals surface area contributed by atoms with Crippen molar-refractivity contribution in [2.45, 2.75) is 50.9 Å². The van der Waals surface area contributed by atoms with Gasteiger partial charge in [-0.3, -0.25) is 4.99 Å². The van der Waals surface area contributed by atoms with E-state index in [1.165, 1.54) is 12.8 Å². The molecule has 0 aromatic rings. The van der Waals surface area contributed by atoms with Crippen molar-refractivity contribution >= 4 is 16.9 Å². The lowest BCUT2D eigenvalue weighted by Gasteiger charge is -2.27. The number of aliphatic imine (C=N–C) groups is 1. The van der Waals surface area contributed by atoms with Crippen molar-refractivity contribution in [3.05, 3.63) is 0 Å². The maximum atomic E-state index is 5.42. The Morgan fingerprint density at radius 1 is 1.50 bits per heavy atom. The summed E-state index contributed by atoms with van der Waals surface area (Å²) < 4.78 is 5.42. The lowest BCUT2D eigenvalue weighted by Crippen LogP contribution is -2.39. The molecule has 1 saturated heterocycles. The summed E-state index contributed by atoms with van der Waals surface area (Å²) in [6, 6.07) is 0.942. The molecule has 4 heteroatoms. The second-order valence-corrected chi connectivity index (χ2v) is 6.43. The first-order chi connectivity index (χ1) is 7.65. The van der Waals surface area contributed by atoms with Gasteiger partial charge in [0.05, 0.1) is 12.6 Å². The summed E-state index contributed by atoms with van der Waals surface area (Å²) in [6.45, 7) is 8.54. The van der Waals surface area contributed by atoms with E-state index in [4.69, 9.17) is 4.74 Å². The van der Waals surface area contributed by atoms with E-state index in [9.17, 15) is 0 Å². The summed E-state index contributed by atoms with van der Waals surface area (Å²) in [7, 11) is 0. The molecule has 4 atom stereocenters. The second-order valence-electron chi connectivity index (χ2n) is 5.00. The predicted octanol–water partition coefficient (Wildman–Crippen LogP) is 2.27. The Morgan fingerprint density at radius 2 is 2.31 bits per heavy atom. The summed E-state index contributed by atoms with van der Waals surface area (Å²) >= 11 is 1.88. The quantitative estimate of drug-likeness (QED) is 0.806. The molecule has 0 aromatic heterocycles. The maximum absolute atomic E-state index is 5.42. The molecule has 92 valence electrons. The van der Waals surface area contributed by atoms with Gasteiger partial charge in [0.2, 0.25) is 0 Å². The van der Waals surface area contributed by atoms with Crippen LogP contribution in [0.5, 0.6) is 0 Å². The standard InChI is InChI=1S/C12H22N2OS/c1-8-6-9(2)16-12(13-8)14-10(3)11-4-5-15-7-11/h8-11H,4-7H2,1-3H3,(H,13,14). The Hall–Kier alpha value is -0.220. The minimum Gasteiger partial charge on any atom is -0.381 e. The summed E-state index contributed by atoms with van der Waals surface area (Å²) in [5.74, 6) is 0.649. The number of hydrogen-bond donors (Lipinski definition) is 1. The van der Waals surface area contributed by atoms with Gasteiger partial charge in [0.1, 0.15) is 0 Å². The van der Waals surface area contributed by atoms with Crippen molar-refractivity contribution in [1.29, 1.82) is 0 Å². The summed E-state index contributed by atoms with van der Waals surface area (Å²) in [4.78, 5) is 4.67. The molecule has 2 rings (SSSR count). The van der Waals surface area contributed by atoms with Gasteiger partial charge in [-0.1, -0.05) is 18.7 Å². The molecule has 2 aliphatic rings. The van der Waals surface area contributed by atoms with Crippen LogP contribution in [0.3, 0.4) is 0 Å². The topological polar surface area (TPSA) is 33.6 Å². The number of rotatable bonds is 2. The minimum atomic E-state index is 0.464. The van der Waals surface area contributed by atoms with E-state index < -0.39 is 0 Å². The van der Waals surface area contributed by atoms with Gasteiger partial charge >= 0.3 is 0 Å². The monoisotopic (exact) mass is 242 g/mol. The fourth-order valence-electron chi connectivity index (χ4n) is 2.33. The van der Waals surface area contributed by atoms with Crippen LogP contribution in [0, 0.1) is 5.92 Å². The Kier molecular flexibility index (Phi) is 4.14. The van der Waals surface area contributed by atoms with Crippen LogP contribution in [-0.2, 0) is 4.74 Å². The molecule has 1 N–H and O–H groups in total. The number of nitrogens with one attached hydrogen (secondary N) is 1. The zero-order valence-electron chi connectivity index (χ0n) is 10.4. The predicted molar refractivity (Wildman–Crippen MR) is 70.1 cm³/mol. The molecule has 4 unspecified atom stereocenters. The zero-order valence-corrected chi connectivity index (χ0v) is 11.2. The third kappa shape index (κ3) is 3.14. The Labute approximate surface area is 102 Å². The Balaban J connectivity index is 1.88. The molecule has 1 fully saturated rings. The van der Waals surface area contributed by atoms with Crippen molar-refractivity contribution in [2.24, 2.45) is 10.9 Å². The fraction of sp³-hybridized carbons (Fsp3) is 0.917. The normalized spacial score (nSPS) is 36.9. The number of amidine groups is 1. The molecule has 2 aliphatic heterocycles. The number of thioether (sulfide) groups is 1. The molecular weight excluding hydrogens is 220 g/mol. The number of hydrogen-bond acceptors (Lipinski definition) is 4. The van der Waals surface area contributed by atoms with E-state index in [0.717, 1.165) is 18.4 Å². The van der Waals surface area contributed by atoms with Crippen LogP contribution in [0.1, 0.15) is 33.6 Å². The van der Waals surface area contributed by atoms with Crippen LogP contribution in [0.2, 0.25) is 0 Å². The minimum absolute atomic E-state index is 0.464. The molecular formula is C12H22N2OS. The Bertz CT molecular complexity index is 264. The molecule has 3 nitrogen and oxygen atoms in total. The Morgan fingerprint density at radius 3 is 2.94 bits per heavy atom. The van der Waals surface area contributed by atoms with Crippen LogP contribution in [0.15, 0.2) is 4.99 Å². The highest BCUT2D eigenvalue weighted by molar-refractivity contribution is 8.14. The van der Waals surface area contributed by atoms with Crippen molar-refractivity contribution < 1.29 is 4.74 Å². The smallest absolute Gasteiger partial charge is 0.157 e. The summed E-state index contributed by atoms with van der Waals surface area (Å²) in [5, 5.41) is 5.37. The highest BCUT2D eigenvalue weighted by atomic mass is 32.2. The molecule has 16 heavy (non-hydrogen) atoms. The van der Waals surface area contributed by atoms with E-state index in [-0.39, 0.29) is 0 Å². The third-order valence-corrected chi connectivity index (χ3v) is 4.39. The average Bonchev–Trinajstić information content (AvgIpc) is 2.68. The van der Waals surface area contributed by atoms with Crippen LogP contribution in [-0.4, -0.2) is 35.7 Å². The van der Waals surface area contributed by atoms with E-state index in [0.29, 0.717) is 23.3 Å². The fourth-order valence-corrected chi connectivity index (χ4v) is 3.58. The largest absolute Gasteiger partial charge is 0.381 e. The van der Waals surface area contributed by atoms with Crippen molar-refractivity contribution in [2.75, 3.05) is 13.2 Å². The van der Waals surface area contributed by atoms with Crippen molar-refractivity contribution in [1.82, 2.24) is 5.32 Å². The number of nitrogens with zero attached hydrogens (tertiary/aromatic N) is 1. The van der Waals surface area contributed by atoms with Crippen molar-refractivity contribution in [3.8, 4) is 0 Å². The molecule has 0 spiro atoms. The number of ether oxygens (including phenoxy) is 1. The first-order valence-corrected chi connectivity index (χ1v) is 7.12. The van der Waals surface area contributed by atoms with Gasteiger partial charge in [-0.15, -0.1) is 0 Å². The molecule has 0 saturated carbocycles. The van der Waals surface area contributed by atoms with Gasteiger partial charge in [-0.2, -0.15) is 0 Å². The van der Waals surface area contributed by atoms with Gasteiger partial charge in [-0.05, 0) is 26.7 Å². The highest BCUT2D eigenvalue weighted by Gasteiger charge is 2.25. The zero-order chi connectivity index (χ0) is 11.5. The highest BCUT2D eigenvalue weighted by Crippen LogP contribution is 2.25. The van der Waals surface area contributed by atoms with E-state index >= 15 is 0 Å². The lowest BCUT2D eigenvalue weighted by molar-refractivity contribution is 0.180. The van der Waals surface area contributed by atoms with Crippen LogP contribution in [0.4, 0.5) is 0 Å². The second kappa shape index (κ2) is 5.41. The van der Waals surface area contributed by atoms with Crippen molar-refractivity contribution in [3.63, 3.8) is 0 Å². The van der Waals surface area contributed by atoms with Crippen LogP contribution in [0.25, 0.3) is 0 Å². The van der Waals surface area contributed by atoms with Crippen LogP contribution >= 0.6 is 11.8 Å². The van der Waals surface area contributed by atoms with E-state index in [1.54, 1.807) is 0 Å². The average molecular weight is 242 g/mol. The summed E-state index contributed by atoms with van der Waals surface area (Å²) in [5.41, 5.74) is 0. The first kappa shape index (κ1) is 12.2. The van der Waals surface area contributed by atoms with E-state index in [2.05, 4.69) is 31.1 Å². The van der Waals surface area contributed by atoms with Gasteiger partial charge in [-0.25, -0.2) is 0 Å². The SMILES string of the molecule is CC1CC(C)SC(NC(C)C2CCOC2)=N1. The molecule has 0 amide bonds. The van der Waals surface area contributed by atoms with Gasteiger partial charge in [0.25, 0.3) is 0 Å². The van der Waals surface area contributed by atoms with Gasteiger partial charge in [0.15, 0.2) is 5.17 Å². The summed E-state index contributed by atoms with van der Waals surface area (Å²) in [6.07, 6.45) is 2.37. The van der Waals surface area contributed by atoms with E-state index in [1.807, 2.05) is 11.8 Å². The first-order valence-electron chi connectivity index (χ1n) is 6.24. The molecule has 2 heterocycles. The van der Waals surface area contributed by atoms with Gasteiger partial charge < -0.3 is 10.1 Å². The molecule has 0 aliphatic carbocycles. The molecule has 0 aromatic carbocycles. The van der Waals surface area contributed by atoms with Crippen LogP contribution < -0.4 is 5.32 Å². The molecule has 0 radical (unpaired) electrons.